The van der Waals surface area contributed by atoms with Gasteiger partial charge < -0.3 is 9.64 Å². The molecule has 182 valence electrons. The number of rotatable bonds is 8. The molecule has 0 bridgehead atoms. The standard InChI is InChI=1S/C25H33N5O3S/c1-5-28(6-2)25-22-9-7-8-10-23(22)26-24(27-25)19(3)29-15-17-30(18-16-29)34(31,32)21-13-11-20(33-4)12-14-21/h7-14,19H,5-6,15-18H2,1-4H3. The maximum Gasteiger partial charge on any atom is 0.243 e. The van der Waals surface area contributed by atoms with Gasteiger partial charge >= 0.3 is 0 Å². The van der Waals surface area contributed by atoms with Crippen molar-refractivity contribution < 1.29 is 13.2 Å². The molecule has 4 rings (SSSR count). The van der Waals surface area contributed by atoms with Crippen molar-refractivity contribution in [2.45, 2.75) is 31.7 Å². The Bertz CT molecular complexity index is 1220. The summed E-state index contributed by atoms with van der Waals surface area (Å²) in [5.41, 5.74) is 0.932. The van der Waals surface area contributed by atoms with Gasteiger partial charge in [0.05, 0.1) is 23.6 Å². The third kappa shape index (κ3) is 4.73. The molecule has 1 fully saturated rings. The highest BCUT2D eigenvalue weighted by molar-refractivity contribution is 7.89. The Morgan fingerprint density at radius 1 is 0.971 bits per heavy atom. The van der Waals surface area contributed by atoms with E-state index in [1.807, 2.05) is 18.2 Å². The van der Waals surface area contributed by atoms with Gasteiger partial charge in [-0.05, 0) is 57.2 Å². The van der Waals surface area contributed by atoms with Crippen LogP contribution in [-0.4, -0.2) is 74.0 Å². The molecule has 2 aromatic carbocycles. The number of piperazine rings is 1. The highest BCUT2D eigenvalue weighted by Gasteiger charge is 2.31. The lowest BCUT2D eigenvalue weighted by molar-refractivity contribution is 0.141. The third-order valence-corrected chi connectivity index (χ3v) is 8.47. The van der Waals surface area contributed by atoms with Gasteiger partial charge in [-0.3, -0.25) is 4.90 Å². The molecule has 8 nitrogen and oxygen atoms in total. The first-order valence-corrected chi connectivity index (χ1v) is 13.2. The topological polar surface area (TPSA) is 78.9 Å². The average Bonchev–Trinajstić information content (AvgIpc) is 2.89. The van der Waals surface area contributed by atoms with E-state index in [1.165, 1.54) is 0 Å². The van der Waals surface area contributed by atoms with E-state index in [4.69, 9.17) is 14.7 Å². The summed E-state index contributed by atoms with van der Waals surface area (Å²) in [5, 5.41) is 1.05. The molecule has 0 saturated carbocycles. The van der Waals surface area contributed by atoms with Gasteiger partial charge in [0.15, 0.2) is 0 Å². The van der Waals surface area contributed by atoms with Gasteiger partial charge in [-0.1, -0.05) is 12.1 Å². The first-order valence-electron chi connectivity index (χ1n) is 11.8. The van der Waals surface area contributed by atoms with Crippen molar-refractivity contribution in [1.82, 2.24) is 19.2 Å². The number of fused-ring (bicyclic) bond motifs is 1. The summed E-state index contributed by atoms with van der Waals surface area (Å²) >= 11 is 0. The molecule has 3 aromatic rings. The van der Waals surface area contributed by atoms with Crippen molar-refractivity contribution in [2.75, 3.05) is 51.3 Å². The Labute approximate surface area is 202 Å². The minimum Gasteiger partial charge on any atom is -0.497 e. The lowest BCUT2D eigenvalue weighted by Gasteiger charge is -2.37. The van der Waals surface area contributed by atoms with E-state index >= 15 is 0 Å². The number of aromatic nitrogens is 2. The Hall–Kier alpha value is -2.75. The quantitative estimate of drug-likeness (QED) is 0.485. The van der Waals surface area contributed by atoms with Gasteiger partial charge in [0.2, 0.25) is 10.0 Å². The van der Waals surface area contributed by atoms with Crippen molar-refractivity contribution in [2.24, 2.45) is 0 Å². The summed E-state index contributed by atoms with van der Waals surface area (Å²) in [4.78, 5) is 14.6. The molecule has 1 saturated heterocycles. The Morgan fingerprint density at radius 3 is 2.24 bits per heavy atom. The van der Waals surface area contributed by atoms with Gasteiger partial charge in [0, 0.05) is 44.7 Å². The summed E-state index contributed by atoms with van der Waals surface area (Å²) in [7, 11) is -1.98. The van der Waals surface area contributed by atoms with Crippen molar-refractivity contribution in [3.8, 4) is 5.75 Å². The van der Waals surface area contributed by atoms with Crippen molar-refractivity contribution in [1.29, 1.82) is 0 Å². The summed E-state index contributed by atoms with van der Waals surface area (Å²) in [6.45, 7) is 10.2. The van der Waals surface area contributed by atoms with E-state index in [0.717, 1.165) is 35.6 Å². The summed E-state index contributed by atoms with van der Waals surface area (Å²) in [6.07, 6.45) is 0. The highest BCUT2D eigenvalue weighted by atomic mass is 32.2. The monoisotopic (exact) mass is 483 g/mol. The van der Waals surface area contributed by atoms with Crippen molar-refractivity contribution in [3.05, 3.63) is 54.4 Å². The molecule has 0 radical (unpaired) electrons. The molecule has 2 heterocycles. The summed E-state index contributed by atoms with van der Waals surface area (Å²) < 4.78 is 32.9. The molecule has 0 N–H and O–H groups in total. The Kier molecular flexibility index (Phi) is 7.35. The molecule has 0 spiro atoms. The van der Waals surface area contributed by atoms with Crippen molar-refractivity contribution in [3.63, 3.8) is 0 Å². The number of ether oxygens (including phenoxy) is 1. The molecule has 1 aliphatic heterocycles. The van der Waals surface area contributed by atoms with Gasteiger partial charge in [0.25, 0.3) is 0 Å². The number of benzene rings is 2. The summed E-state index contributed by atoms with van der Waals surface area (Å²) in [6, 6.07) is 14.6. The number of methoxy groups -OCH3 is 1. The van der Waals surface area contributed by atoms with Crippen LogP contribution in [0.1, 0.15) is 32.6 Å². The van der Waals surface area contributed by atoms with Gasteiger partial charge in [0.1, 0.15) is 17.4 Å². The smallest absolute Gasteiger partial charge is 0.243 e. The largest absolute Gasteiger partial charge is 0.497 e. The first-order chi connectivity index (χ1) is 16.4. The van der Waals surface area contributed by atoms with Crippen LogP contribution < -0.4 is 9.64 Å². The van der Waals surface area contributed by atoms with Crippen LogP contribution in [0.25, 0.3) is 10.9 Å². The maximum absolute atomic E-state index is 13.1. The average molecular weight is 484 g/mol. The van der Waals surface area contributed by atoms with Crippen LogP contribution >= 0.6 is 0 Å². The second-order valence-electron chi connectivity index (χ2n) is 8.39. The number of nitrogens with zero attached hydrogens (tertiary/aromatic N) is 5. The molecule has 0 aliphatic carbocycles. The van der Waals surface area contributed by atoms with Crippen LogP contribution in [0, 0.1) is 0 Å². The minimum atomic E-state index is -3.54. The lowest BCUT2D eigenvalue weighted by Crippen LogP contribution is -2.49. The van der Waals surface area contributed by atoms with Gasteiger partial charge in [-0.25, -0.2) is 18.4 Å². The SMILES string of the molecule is CCN(CC)c1nc(C(C)N2CCN(S(=O)(=O)c3ccc(OC)cc3)CC2)nc2ccccc12. The van der Waals surface area contributed by atoms with Crippen LogP contribution in [0.5, 0.6) is 5.75 Å². The molecule has 1 aromatic heterocycles. The van der Waals surface area contributed by atoms with E-state index < -0.39 is 10.0 Å². The number of sulfonamides is 1. The fraction of sp³-hybridized carbons (Fsp3) is 0.440. The zero-order valence-electron chi connectivity index (χ0n) is 20.3. The Balaban J connectivity index is 1.52. The van der Waals surface area contributed by atoms with Crippen LogP contribution in [-0.2, 0) is 10.0 Å². The molecule has 34 heavy (non-hydrogen) atoms. The number of hydrogen-bond acceptors (Lipinski definition) is 7. The molecule has 9 heteroatoms. The number of para-hydroxylation sites is 1. The van der Waals surface area contributed by atoms with E-state index in [2.05, 4.69) is 36.6 Å². The lowest BCUT2D eigenvalue weighted by atomic mass is 10.2. The van der Waals surface area contributed by atoms with E-state index in [0.29, 0.717) is 31.9 Å². The molecular weight excluding hydrogens is 450 g/mol. The third-order valence-electron chi connectivity index (χ3n) is 6.56. The molecule has 1 unspecified atom stereocenters. The molecule has 0 amide bonds. The zero-order chi connectivity index (χ0) is 24.3. The molecule has 1 atom stereocenters. The van der Waals surface area contributed by atoms with Crippen LogP contribution in [0.3, 0.4) is 0 Å². The predicted octanol–water partition coefficient (Wildman–Crippen LogP) is 3.55. The van der Waals surface area contributed by atoms with Crippen LogP contribution in [0.2, 0.25) is 0 Å². The fourth-order valence-electron chi connectivity index (χ4n) is 4.42. The maximum atomic E-state index is 13.1. The molecule has 1 aliphatic rings. The normalized spacial score (nSPS) is 16.5. The Morgan fingerprint density at radius 2 is 1.62 bits per heavy atom. The molecular formula is C25H33N5O3S. The van der Waals surface area contributed by atoms with Crippen LogP contribution in [0.15, 0.2) is 53.4 Å². The van der Waals surface area contributed by atoms with Gasteiger partial charge in [-0.15, -0.1) is 0 Å². The zero-order valence-corrected chi connectivity index (χ0v) is 21.1. The second-order valence-corrected chi connectivity index (χ2v) is 10.3. The number of hydrogen-bond donors (Lipinski definition) is 0. The van der Waals surface area contributed by atoms with E-state index in [1.54, 1.807) is 35.7 Å². The predicted molar refractivity (Wildman–Crippen MR) is 135 cm³/mol. The van der Waals surface area contributed by atoms with Crippen LogP contribution in [0.4, 0.5) is 5.82 Å². The van der Waals surface area contributed by atoms with Gasteiger partial charge in [-0.2, -0.15) is 4.31 Å². The fourth-order valence-corrected chi connectivity index (χ4v) is 5.84. The first kappa shape index (κ1) is 24.4. The minimum absolute atomic E-state index is 0.0234. The summed E-state index contributed by atoms with van der Waals surface area (Å²) in [5.74, 6) is 2.36. The van der Waals surface area contributed by atoms with Crippen molar-refractivity contribution >= 4 is 26.7 Å². The number of anilines is 1. The highest BCUT2D eigenvalue weighted by Crippen LogP contribution is 2.29. The van der Waals surface area contributed by atoms with E-state index in [-0.39, 0.29) is 10.9 Å². The van der Waals surface area contributed by atoms with E-state index in [9.17, 15) is 8.42 Å². The second kappa shape index (κ2) is 10.2.